The predicted octanol–water partition coefficient (Wildman–Crippen LogP) is 2.05. The molecule has 80 valence electrons. The number of aliphatic hydroxyl groups excluding tert-OH is 1. The molecule has 0 fully saturated rings. The van der Waals surface area contributed by atoms with Gasteiger partial charge in [-0.25, -0.2) is 0 Å². The maximum Gasteiger partial charge on any atom is 0.124 e. The first-order valence-corrected chi connectivity index (χ1v) is 4.94. The predicted molar refractivity (Wildman–Crippen MR) is 61.0 cm³/mol. The van der Waals surface area contributed by atoms with Crippen molar-refractivity contribution < 1.29 is 9.84 Å². The minimum absolute atomic E-state index is 0.112. The summed E-state index contributed by atoms with van der Waals surface area (Å²) in [5.41, 5.74) is 3.15. The smallest absolute Gasteiger partial charge is 0.124 e. The second-order valence-electron chi connectivity index (χ2n) is 3.42. The van der Waals surface area contributed by atoms with E-state index in [-0.39, 0.29) is 6.61 Å². The highest BCUT2D eigenvalue weighted by Gasteiger charge is 2.03. The number of hydrogen-bond donors (Lipinski definition) is 1. The third-order valence-corrected chi connectivity index (χ3v) is 2.13. The summed E-state index contributed by atoms with van der Waals surface area (Å²) in [5.74, 6) is 6.83. The summed E-state index contributed by atoms with van der Waals surface area (Å²) in [4.78, 5) is 0. The van der Waals surface area contributed by atoms with Crippen molar-refractivity contribution in [2.24, 2.45) is 0 Å². The molecular formula is C13H16O2. The zero-order chi connectivity index (χ0) is 11.3. The molecule has 0 spiro atoms. The van der Waals surface area contributed by atoms with Gasteiger partial charge in [0.15, 0.2) is 0 Å². The van der Waals surface area contributed by atoms with Crippen LogP contribution in [0.4, 0.5) is 0 Å². The lowest BCUT2D eigenvalue weighted by Crippen LogP contribution is -1.92. The van der Waals surface area contributed by atoms with Crippen LogP contribution in [0.3, 0.4) is 0 Å². The van der Waals surface area contributed by atoms with Crippen molar-refractivity contribution in [2.75, 3.05) is 13.7 Å². The van der Waals surface area contributed by atoms with E-state index < -0.39 is 0 Å². The number of benzene rings is 1. The lowest BCUT2D eigenvalue weighted by molar-refractivity contribution is 0.305. The van der Waals surface area contributed by atoms with E-state index in [9.17, 15) is 0 Å². The van der Waals surface area contributed by atoms with Crippen molar-refractivity contribution in [1.82, 2.24) is 0 Å². The number of rotatable bonds is 2. The van der Waals surface area contributed by atoms with Crippen LogP contribution >= 0.6 is 0 Å². The van der Waals surface area contributed by atoms with E-state index in [4.69, 9.17) is 9.84 Å². The molecule has 0 saturated heterocycles. The first kappa shape index (κ1) is 11.6. The van der Waals surface area contributed by atoms with Crippen LogP contribution in [0, 0.1) is 25.7 Å². The van der Waals surface area contributed by atoms with Crippen LogP contribution in [0.1, 0.15) is 23.1 Å². The van der Waals surface area contributed by atoms with Crippen LogP contribution < -0.4 is 4.74 Å². The fourth-order valence-electron chi connectivity index (χ4n) is 1.56. The Morgan fingerprint density at radius 2 is 1.87 bits per heavy atom. The van der Waals surface area contributed by atoms with Gasteiger partial charge in [-0.05, 0) is 37.1 Å². The molecule has 2 heteroatoms. The van der Waals surface area contributed by atoms with Gasteiger partial charge in [0.2, 0.25) is 0 Å². The largest absolute Gasteiger partial charge is 0.496 e. The monoisotopic (exact) mass is 204 g/mol. The average molecular weight is 204 g/mol. The standard InChI is InChI=1S/C13H16O2/c1-10-8-12(6-4-5-7-14)9-11(2)13(10)15-3/h8-9,14H,5,7H2,1-3H3. The minimum atomic E-state index is 0.112. The van der Waals surface area contributed by atoms with Gasteiger partial charge < -0.3 is 9.84 Å². The van der Waals surface area contributed by atoms with Gasteiger partial charge in [0, 0.05) is 12.0 Å². The highest BCUT2D eigenvalue weighted by Crippen LogP contribution is 2.23. The Hall–Kier alpha value is -1.46. The Labute approximate surface area is 90.9 Å². The molecule has 0 aromatic heterocycles. The van der Waals surface area contributed by atoms with Gasteiger partial charge in [-0.1, -0.05) is 11.8 Å². The number of methoxy groups -OCH3 is 1. The summed E-state index contributed by atoms with van der Waals surface area (Å²) >= 11 is 0. The van der Waals surface area contributed by atoms with E-state index in [1.807, 2.05) is 26.0 Å². The molecule has 0 heterocycles. The van der Waals surface area contributed by atoms with Gasteiger partial charge in [0.05, 0.1) is 13.7 Å². The molecule has 1 N–H and O–H groups in total. The van der Waals surface area contributed by atoms with Crippen molar-refractivity contribution >= 4 is 0 Å². The second-order valence-corrected chi connectivity index (χ2v) is 3.42. The maximum absolute atomic E-state index is 8.61. The van der Waals surface area contributed by atoms with Crippen molar-refractivity contribution in [3.8, 4) is 17.6 Å². The van der Waals surface area contributed by atoms with Crippen molar-refractivity contribution in [3.63, 3.8) is 0 Å². The molecule has 2 nitrogen and oxygen atoms in total. The van der Waals surface area contributed by atoms with Crippen LogP contribution in [-0.2, 0) is 0 Å². The first-order valence-electron chi connectivity index (χ1n) is 4.94. The van der Waals surface area contributed by atoms with E-state index in [0.29, 0.717) is 6.42 Å². The molecule has 1 aromatic carbocycles. The molecule has 0 radical (unpaired) electrons. The Balaban J connectivity index is 3.00. The molecule has 0 amide bonds. The Kier molecular flexibility index (Phi) is 4.20. The Morgan fingerprint density at radius 1 is 1.27 bits per heavy atom. The summed E-state index contributed by atoms with van der Waals surface area (Å²) in [6, 6.07) is 3.99. The molecule has 1 aromatic rings. The van der Waals surface area contributed by atoms with Gasteiger partial charge in [0.25, 0.3) is 0 Å². The normalized spacial score (nSPS) is 9.33. The van der Waals surface area contributed by atoms with E-state index in [2.05, 4.69) is 11.8 Å². The number of hydrogen-bond acceptors (Lipinski definition) is 2. The Morgan fingerprint density at radius 3 is 2.33 bits per heavy atom. The maximum atomic E-state index is 8.61. The van der Waals surface area contributed by atoms with Crippen molar-refractivity contribution in [1.29, 1.82) is 0 Å². The summed E-state index contributed by atoms with van der Waals surface area (Å²) < 4.78 is 5.27. The number of ether oxygens (including phenoxy) is 1. The lowest BCUT2D eigenvalue weighted by atomic mass is 10.1. The van der Waals surface area contributed by atoms with E-state index in [0.717, 1.165) is 22.4 Å². The summed E-state index contributed by atoms with van der Waals surface area (Å²) in [6.07, 6.45) is 0.518. The van der Waals surface area contributed by atoms with Gasteiger partial charge >= 0.3 is 0 Å². The molecule has 0 atom stereocenters. The summed E-state index contributed by atoms with van der Waals surface area (Å²) in [6.45, 7) is 4.12. The molecule has 0 aliphatic heterocycles. The van der Waals surface area contributed by atoms with Gasteiger partial charge in [-0.2, -0.15) is 0 Å². The topological polar surface area (TPSA) is 29.5 Å². The third kappa shape index (κ3) is 3.00. The van der Waals surface area contributed by atoms with Crippen molar-refractivity contribution in [3.05, 3.63) is 28.8 Å². The molecule has 0 saturated carbocycles. The van der Waals surface area contributed by atoms with Crippen LogP contribution in [0.2, 0.25) is 0 Å². The number of aliphatic hydroxyl groups is 1. The Bertz CT molecular complexity index is 374. The minimum Gasteiger partial charge on any atom is -0.496 e. The summed E-state index contributed by atoms with van der Waals surface area (Å²) in [7, 11) is 1.67. The third-order valence-electron chi connectivity index (χ3n) is 2.13. The van der Waals surface area contributed by atoms with Gasteiger partial charge in [-0.3, -0.25) is 0 Å². The fourth-order valence-corrected chi connectivity index (χ4v) is 1.56. The zero-order valence-electron chi connectivity index (χ0n) is 9.42. The van der Waals surface area contributed by atoms with Crippen LogP contribution in [0.25, 0.3) is 0 Å². The van der Waals surface area contributed by atoms with Gasteiger partial charge in [-0.15, -0.1) is 0 Å². The van der Waals surface area contributed by atoms with Crippen LogP contribution in [-0.4, -0.2) is 18.8 Å². The van der Waals surface area contributed by atoms with Crippen molar-refractivity contribution in [2.45, 2.75) is 20.3 Å². The number of aryl methyl sites for hydroxylation is 2. The molecule has 0 aliphatic rings. The second kappa shape index (κ2) is 5.43. The van der Waals surface area contributed by atoms with Crippen LogP contribution in [0.5, 0.6) is 5.75 Å². The van der Waals surface area contributed by atoms with Gasteiger partial charge in [0.1, 0.15) is 5.75 Å². The summed E-state index contributed by atoms with van der Waals surface area (Å²) in [5, 5.41) is 8.61. The molecular weight excluding hydrogens is 188 g/mol. The molecule has 0 unspecified atom stereocenters. The fraction of sp³-hybridized carbons (Fsp3) is 0.385. The highest BCUT2D eigenvalue weighted by molar-refractivity contribution is 5.48. The lowest BCUT2D eigenvalue weighted by Gasteiger charge is -2.08. The zero-order valence-corrected chi connectivity index (χ0v) is 9.42. The van der Waals surface area contributed by atoms with E-state index in [1.54, 1.807) is 7.11 Å². The average Bonchev–Trinajstić information content (AvgIpc) is 2.18. The SMILES string of the molecule is COc1c(C)cc(C#CCCO)cc1C. The van der Waals surface area contributed by atoms with E-state index in [1.165, 1.54) is 0 Å². The van der Waals surface area contributed by atoms with Crippen LogP contribution in [0.15, 0.2) is 12.1 Å². The molecule has 1 rings (SSSR count). The highest BCUT2D eigenvalue weighted by atomic mass is 16.5. The molecule has 0 bridgehead atoms. The van der Waals surface area contributed by atoms with E-state index >= 15 is 0 Å². The first-order chi connectivity index (χ1) is 7.19. The quantitative estimate of drug-likeness (QED) is 0.747. The molecule has 0 aliphatic carbocycles. The molecule has 15 heavy (non-hydrogen) atoms.